The van der Waals surface area contributed by atoms with E-state index >= 15 is 0 Å². The van der Waals surface area contributed by atoms with E-state index in [4.69, 9.17) is 4.74 Å². The van der Waals surface area contributed by atoms with Gasteiger partial charge in [-0.15, -0.1) is 0 Å². The summed E-state index contributed by atoms with van der Waals surface area (Å²) in [5.74, 6) is -0.317. The Morgan fingerprint density at radius 3 is 2.76 bits per heavy atom. The van der Waals surface area contributed by atoms with Crippen molar-refractivity contribution < 1.29 is 9.53 Å². The van der Waals surface area contributed by atoms with Crippen molar-refractivity contribution in [1.29, 1.82) is 0 Å². The first-order valence-electron chi connectivity index (χ1n) is 5.80. The fraction of sp³-hybridized carbons (Fsp3) is 0.462. The summed E-state index contributed by atoms with van der Waals surface area (Å²) in [5.41, 5.74) is 1.50. The number of hydrogen-bond acceptors (Lipinski definition) is 3. The molecule has 0 aliphatic heterocycles. The third-order valence-corrected chi connectivity index (χ3v) is 2.89. The van der Waals surface area contributed by atoms with E-state index in [1.54, 1.807) is 6.07 Å². The Morgan fingerprint density at radius 1 is 1.35 bits per heavy atom. The molecule has 4 heteroatoms. The number of unbranched alkanes of at least 4 members (excludes halogenated alkanes) is 2. The Kier molecular flexibility index (Phi) is 6.05. The Labute approximate surface area is 111 Å². The molecule has 0 aromatic heterocycles. The molecule has 0 saturated heterocycles. The predicted molar refractivity (Wildman–Crippen MR) is 73.5 cm³/mol. The lowest BCUT2D eigenvalue weighted by Gasteiger charge is -2.08. The van der Waals surface area contributed by atoms with Gasteiger partial charge in [0.15, 0.2) is 0 Å². The van der Waals surface area contributed by atoms with Crippen molar-refractivity contribution in [3.8, 4) is 0 Å². The molecule has 1 aromatic rings. The second-order valence-corrected chi connectivity index (χ2v) is 4.77. The number of carbonyl (C=O) groups excluding carboxylic acids is 1. The van der Waals surface area contributed by atoms with Crippen molar-refractivity contribution in [3.05, 3.63) is 28.2 Å². The van der Waals surface area contributed by atoms with Gasteiger partial charge in [-0.05, 0) is 24.6 Å². The van der Waals surface area contributed by atoms with E-state index in [0.717, 1.165) is 23.1 Å². The minimum Gasteiger partial charge on any atom is -0.465 e. The molecule has 0 bridgehead atoms. The normalized spacial score (nSPS) is 10.1. The van der Waals surface area contributed by atoms with Gasteiger partial charge in [-0.2, -0.15) is 0 Å². The molecule has 0 unspecified atom stereocenters. The van der Waals surface area contributed by atoms with Crippen molar-refractivity contribution >= 4 is 27.6 Å². The van der Waals surface area contributed by atoms with Gasteiger partial charge >= 0.3 is 5.97 Å². The van der Waals surface area contributed by atoms with Crippen LogP contribution in [0.5, 0.6) is 0 Å². The van der Waals surface area contributed by atoms with Crippen LogP contribution in [-0.4, -0.2) is 19.6 Å². The summed E-state index contributed by atoms with van der Waals surface area (Å²) in [6.07, 6.45) is 3.55. The number of halogens is 1. The van der Waals surface area contributed by atoms with Crippen LogP contribution in [0.25, 0.3) is 0 Å². The zero-order chi connectivity index (χ0) is 12.7. The third-order valence-electron chi connectivity index (χ3n) is 2.43. The first-order valence-corrected chi connectivity index (χ1v) is 6.59. The summed E-state index contributed by atoms with van der Waals surface area (Å²) in [7, 11) is 1.39. The topological polar surface area (TPSA) is 38.3 Å². The summed E-state index contributed by atoms with van der Waals surface area (Å²) >= 11 is 3.39. The van der Waals surface area contributed by atoms with Crippen LogP contribution < -0.4 is 5.32 Å². The van der Waals surface area contributed by atoms with Crippen molar-refractivity contribution in [1.82, 2.24) is 0 Å². The highest BCUT2D eigenvalue weighted by Crippen LogP contribution is 2.20. The molecule has 0 aliphatic carbocycles. The fourth-order valence-corrected chi connectivity index (χ4v) is 2.03. The van der Waals surface area contributed by atoms with Crippen LogP contribution in [0, 0.1) is 0 Å². The third kappa shape index (κ3) is 4.77. The Morgan fingerprint density at radius 2 is 2.12 bits per heavy atom. The molecule has 0 atom stereocenters. The minimum atomic E-state index is -0.317. The summed E-state index contributed by atoms with van der Waals surface area (Å²) in [5, 5.41) is 3.30. The van der Waals surface area contributed by atoms with E-state index in [1.165, 1.54) is 20.0 Å². The molecule has 94 valence electrons. The number of hydrogen-bond donors (Lipinski definition) is 1. The van der Waals surface area contributed by atoms with Gasteiger partial charge in [-0.1, -0.05) is 35.7 Å². The van der Waals surface area contributed by atoms with Crippen LogP contribution in [0.15, 0.2) is 22.7 Å². The van der Waals surface area contributed by atoms with Gasteiger partial charge in [0.2, 0.25) is 0 Å². The van der Waals surface area contributed by atoms with Gasteiger partial charge in [0.25, 0.3) is 0 Å². The molecule has 0 radical (unpaired) electrons. The Bertz CT molecular complexity index is 380. The number of methoxy groups -OCH3 is 1. The molecule has 0 fully saturated rings. The number of esters is 1. The monoisotopic (exact) mass is 299 g/mol. The molecular formula is C13H18BrNO2. The predicted octanol–water partition coefficient (Wildman–Crippen LogP) is 3.84. The molecule has 1 rings (SSSR count). The number of ether oxygens (including phenoxy) is 1. The van der Waals surface area contributed by atoms with Crippen molar-refractivity contribution in [2.45, 2.75) is 26.2 Å². The molecule has 0 amide bonds. The van der Waals surface area contributed by atoms with E-state index in [9.17, 15) is 4.79 Å². The summed E-state index contributed by atoms with van der Waals surface area (Å²) in [6.45, 7) is 3.10. The van der Waals surface area contributed by atoms with Gasteiger partial charge in [0.1, 0.15) is 0 Å². The first-order chi connectivity index (χ1) is 8.17. The molecule has 0 aliphatic rings. The van der Waals surface area contributed by atoms with Crippen LogP contribution in [0.2, 0.25) is 0 Å². The molecule has 3 nitrogen and oxygen atoms in total. The molecule has 17 heavy (non-hydrogen) atoms. The maximum absolute atomic E-state index is 11.4. The highest BCUT2D eigenvalue weighted by Gasteiger charge is 2.07. The second-order valence-electron chi connectivity index (χ2n) is 3.85. The number of rotatable bonds is 6. The van der Waals surface area contributed by atoms with Crippen molar-refractivity contribution in [2.24, 2.45) is 0 Å². The van der Waals surface area contributed by atoms with Crippen LogP contribution in [0.3, 0.4) is 0 Å². The van der Waals surface area contributed by atoms with Crippen molar-refractivity contribution in [3.63, 3.8) is 0 Å². The van der Waals surface area contributed by atoms with E-state index in [-0.39, 0.29) is 5.97 Å². The number of anilines is 1. The Balaban J connectivity index is 2.65. The SMILES string of the molecule is CCCCCNc1cc(Br)cc(C(=O)OC)c1. The van der Waals surface area contributed by atoms with Crippen LogP contribution in [0.1, 0.15) is 36.5 Å². The molecular weight excluding hydrogens is 282 g/mol. The van der Waals surface area contributed by atoms with E-state index in [2.05, 4.69) is 28.2 Å². The summed E-state index contributed by atoms with van der Waals surface area (Å²) < 4.78 is 5.58. The van der Waals surface area contributed by atoms with Crippen molar-refractivity contribution in [2.75, 3.05) is 19.0 Å². The Hall–Kier alpha value is -1.03. The quantitative estimate of drug-likeness (QED) is 0.641. The zero-order valence-corrected chi connectivity index (χ0v) is 11.8. The lowest BCUT2D eigenvalue weighted by molar-refractivity contribution is 0.0600. The van der Waals surface area contributed by atoms with Gasteiger partial charge in [-0.25, -0.2) is 4.79 Å². The number of carbonyl (C=O) groups is 1. The second kappa shape index (κ2) is 7.33. The largest absolute Gasteiger partial charge is 0.465 e. The van der Waals surface area contributed by atoms with Crippen LogP contribution in [-0.2, 0) is 4.74 Å². The maximum atomic E-state index is 11.4. The first kappa shape index (κ1) is 14.0. The highest BCUT2D eigenvalue weighted by molar-refractivity contribution is 9.10. The zero-order valence-electron chi connectivity index (χ0n) is 10.3. The lowest BCUT2D eigenvalue weighted by atomic mass is 10.2. The molecule has 0 heterocycles. The van der Waals surface area contributed by atoms with E-state index in [1.807, 2.05) is 12.1 Å². The summed E-state index contributed by atoms with van der Waals surface area (Å²) in [4.78, 5) is 11.4. The number of benzene rings is 1. The molecule has 1 N–H and O–H groups in total. The standard InChI is InChI=1S/C13H18BrNO2/c1-3-4-5-6-15-12-8-10(13(16)17-2)7-11(14)9-12/h7-9,15H,3-6H2,1-2H3. The van der Waals surface area contributed by atoms with Gasteiger partial charge in [0.05, 0.1) is 12.7 Å². The number of nitrogens with one attached hydrogen (secondary N) is 1. The van der Waals surface area contributed by atoms with Gasteiger partial charge < -0.3 is 10.1 Å². The van der Waals surface area contributed by atoms with E-state index in [0.29, 0.717) is 5.56 Å². The lowest BCUT2D eigenvalue weighted by Crippen LogP contribution is -2.05. The fourth-order valence-electron chi connectivity index (χ4n) is 1.54. The smallest absolute Gasteiger partial charge is 0.337 e. The molecule has 0 spiro atoms. The minimum absolute atomic E-state index is 0.317. The van der Waals surface area contributed by atoms with Gasteiger partial charge in [0, 0.05) is 16.7 Å². The maximum Gasteiger partial charge on any atom is 0.337 e. The molecule has 0 saturated carbocycles. The molecule has 1 aromatic carbocycles. The highest BCUT2D eigenvalue weighted by atomic mass is 79.9. The van der Waals surface area contributed by atoms with Gasteiger partial charge in [-0.3, -0.25) is 0 Å². The van der Waals surface area contributed by atoms with E-state index < -0.39 is 0 Å². The average Bonchev–Trinajstić information content (AvgIpc) is 2.33. The summed E-state index contributed by atoms with van der Waals surface area (Å²) in [6, 6.07) is 5.52. The van der Waals surface area contributed by atoms with Crippen LogP contribution in [0.4, 0.5) is 5.69 Å². The average molecular weight is 300 g/mol. The van der Waals surface area contributed by atoms with Crippen LogP contribution >= 0.6 is 15.9 Å².